The molecule has 4 heteroatoms. The number of benzene rings is 3. The Hall–Kier alpha value is -3.92. The van der Waals surface area contributed by atoms with Crippen LogP contribution in [-0.4, -0.2) is 9.67 Å². The van der Waals surface area contributed by atoms with Gasteiger partial charge in [0.25, 0.3) is 11.7 Å². The van der Waals surface area contributed by atoms with E-state index in [1.54, 1.807) is 15.2 Å². The summed E-state index contributed by atoms with van der Waals surface area (Å²) >= 11 is 0. The molecule has 3 aromatic carbocycles. The minimum Gasteiger partial charge on any atom is -0.477 e. The van der Waals surface area contributed by atoms with Crippen molar-refractivity contribution >= 4 is 6.08 Å². The lowest BCUT2D eigenvalue weighted by molar-refractivity contribution is -0.616. The molecule has 4 nitrogen and oxygen atoms in total. The summed E-state index contributed by atoms with van der Waals surface area (Å²) in [7, 11) is 0. The van der Waals surface area contributed by atoms with Crippen molar-refractivity contribution in [1.29, 1.82) is 0 Å². The van der Waals surface area contributed by atoms with Crippen LogP contribution < -0.4 is 10.1 Å². The number of aromatic hydroxyl groups is 1. The highest BCUT2D eigenvalue weighted by molar-refractivity contribution is 5.49. The third-order valence-corrected chi connectivity index (χ3v) is 5.19. The van der Waals surface area contributed by atoms with E-state index in [-0.39, 0.29) is 11.4 Å². The first kappa shape index (κ1) is 19.4. The molecule has 1 aromatic heterocycles. The van der Waals surface area contributed by atoms with E-state index in [1.165, 1.54) is 0 Å². The fourth-order valence-corrected chi connectivity index (χ4v) is 3.72. The number of rotatable bonds is 5. The molecule has 0 atom stereocenters. The van der Waals surface area contributed by atoms with Gasteiger partial charge in [0.2, 0.25) is 0 Å². The smallest absolute Gasteiger partial charge is 0.350 e. The van der Waals surface area contributed by atoms with Crippen LogP contribution in [0.5, 0.6) is 5.88 Å². The van der Waals surface area contributed by atoms with Gasteiger partial charge in [0.15, 0.2) is 0 Å². The summed E-state index contributed by atoms with van der Waals surface area (Å²) in [6, 6.07) is 26.9. The van der Waals surface area contributed by atoms with E-state index in [1.807, 2.05) is 91.9 Å². The van der Waals surface area contributed by atoms with Gasteiger partial charge in [-0.25, -0.2) is 4.79 Å². The minimum atomic E-state index is -0.229. The molecule has 4 rings (SSSR count). The number of para-hydroxylation sites is 2. The average molecular weight is 395 g/mol. The number of hydrogen-bond donors (Lipinski definition) is 1. The van der Waals surface area contributed by atoms with Crippen molar-refractivity contribution in [3.8, 4) is 17.3 Å². The third-order valence-electron chi connectivity index (χ3n) is 5.19. The Balaban J connectivity index is 1.99. The molecule has 1 N–H and O–H groups in total. The predicted molar refractivity (Wildman–Crippen MR) is 119 cm³/mol. The molecule has 0 spiro atoms. The molecule has 1 heterocycles. The molecule has 0 bridgehead atoms. The molecule has 0 fully saturated rings. The third kappa shape index (κ3) is 3.55. The van der Waals surface area contributed by atoms with Gasteiger partial charge in [-0.3, -0.25) is 0 Å². The summed E-state index contributed by atoms with van der Waals surface area (Å²) in [5.41, 5.74) is 3.56. The Labute approximate surface area is 175 Å². The first-order valence-corrected chi connectivity index (χ1v) is 9.82. The van der Waals surface area contributed by atoms with E-state index >= 15 is 0 Å². The average Bonchev–Trinajstić information content (AvgIpc) is 2.78. The Kier molecular flexibility index (Phi) is 5.31. The van der Waals surface area contributed by atoms with Crippen LogP contribution in [-0.2, 0) is 6.42 Å². The summed E-state index contributed by atoms with van der Waals surface area (Å²) in [6.45, 7) is 5.65. The van der Waals surface area contributed by atoms with Gasteiger partial charge < -0.3 is 5.11 Å². The molecule has 0 unspecified atom stereocenters. The zero-order chi connectivity index (χ0) is 21.1. The van der Waals surface area contributed by atoms with Gasteiger partial charge in [0, 0.05) is 13.3 Å². The number of aromatic nitrogens is 2. The summed E-state index contributed by atoms with van der Waals surface area (Å²) < 4.78 is 3.38. The molecular weight excluding hydrogens is 372 g/mol. The molecule has 148 valence electrons. The van der Waals surface area contributed by atoms with Gasteiger partial charge in [0.05, 0.1) is 0 Å². The SMILES string of the molecule is C=Cc1cccc(Cc2c(O)[n+](-c3ccccc3)c(C)n(-c3ccccc3)c2=O)c1. The zero-order valence-electron chi connectivity index (χ0n) is 16.8. The Morgan fingerprint density at radius 1 is 0.967 bits per heavy atom. The maximum Gasteiger partial charge on any atom is 0.350 e. The molecule has 0 saturated carbocycles. The fraction of sp³-hybridized carbons (Fsp3) is 0.0769. The largest absolute Gasteiger partial charge is 0.477 e. The second-order valence-electron chi connectivity index (χ2n) is 7.12. The quantitative estimate of drug-likeness (QED) is 0.510. The van der Waals surface area contributed by atoms with Crippen LogP contribution in [0.4, 0.5) is 0 Å². The second kappa shape index (κ2) is 8.21. The highest BCUT2D eigenvalue weighted by Crippen LogP contribution is 2.19. The summed E-state index contributed by atoms with van der Waals surface area (Å²) in [4.78, 5) is 13.5. The molecule has 0 amide bonds. The topological polar surface area (TPSA) is 46.1 Å². The highest BCUT2D eigenvalue weighted by atomic mass is 16.3. The van der Waals surface area contributed by atoms with Crippen molar-refractivity contribution in [2.45, 2.75) is 13.3 Å². The van der Waals surface area contributed by atoms with Crippen LogP contribution in [0.1, 0.15) is 22.5 Å². The molecule has 30 heavy (non-hydrogen) atoms. The van der Waals surface area contributed by atoms with Crippen molar-refractivity contribution < 1.29 is 9.67 Å². The number of hydrogen-bond acceptors (Lipinski definition) is 2. The second-order valence-corrected chi connectivity index (χ2v) is 7.12. The molecule has 0 saturated heterocycles. The molecule has 0 aliphatic carbocycles. The van der Waals surface area contributed by atoms with Crippen LogP contribution in [0.3, 0.4) is 0 Å². The van der Waals surface area contributed by atoms with Crippen molar-refractivity contribution in [1.82, 2.24) is 4.57 Å². The van der Waals surface area contributed by atoms with Gasteiger partial charge in [-0.2, -0.15) is 9.13 Å². The maximum absolute atomic E-state index is 13.5. The minimum absolute atomic E-state index is 0.0418. The monoisotopic (exact) mass is 395 g/mol. The van der Waals surface area contributed by atoms with Crippen LogP contribution >= 0.6 is 0 Å². The standard InChI is InChI=1S/C26H22N2O2/c1-3-20-11-10-12-21(17-20)18-24-25(29)27(22-13-6-4-7-14-22)19(2)28(26(24)30)23-15-8-5-9-16-23/h3-17H,1,18H2,2H3/p+1. The lowest BCUT2D eigenvalue weighted by atomic mass is 10.0. The van der Waals surface area contributed by atoms with Crippen molar-refractivity contribution in [2.75, 3.05) is 0 Å². The Bertz CT molecular complexity index is 1260. The van der Waals surface area contributed by atoms with Gasteiger partial charge in [-0.15, -0.1) is 0 Å². The Morgan fingerprint density at radius 2 is 1.63 bits per heavy atom. The van der Waals surface area contributed by atoms with E-state index in [0.29, 0.717) is 17.8 Å². The van der Waals surface area contributed by atoms with Crippen LogP contribution in [0.2, 0.25) is 0 Å². The first-order valence-electron chi connectivity index (χ1n) is 9.82. The zero-order valence-corrected chi connectivity index (χ0v) is 16.8. The first-order chi connectivity index (χ1) is 14.6. The van der Waals surface area contributed by atoms with E-state index < -0.39 is 0 Å². The summed E-state index contributed by atoms with van der Waals surface area (Å²) in [6.07, 6.45) is 2.08. The van der Waals surface area contributed by atoms with E-state index in [2.05, 4.69) is 6.58 Å². The molecule has 0 radical (unpaired) electrons. The fourth-order valence-electron chi connectivity index (χ4n) is 3.72. The molecule has 4 aromatic rings. The predicted octanol–water partition coefficient (Wildman–Crippen LogP) is 4.36. The van der Waals surface area contributed by atoms with Crippen LogP contribution in [0.25, 0.3) is 17.5 Å². The number of nitrogens with zero attached hydrogens (tertiary/aromatic N) is 2. The molecular formula is C26H23N2O2+. The van der Waals surface area contributed by atoms with Crippen LogP contribution in [0, 0.1) is 6.92 Å². The van der Waals surface area contributed by atoms with Crippen LogP contribution in [0.15, 0.2) is 96.3 Å². The van der Waals surface area contributed by atoms with E-state index in [4.69, 9.17) is 0 Å². The maximum atomic E-state index is 13.5. The summed E-state index contributed by atoms with van der Waals surface area (Å²) in [5, 5.41) is 11.2. The Morgan fingerprint density at radius 3 is 2.30 bits per heavy atom. The van der Waals surface area contributed by atoms with Gasteiger partial charge in [0.1, 0.15) is 16.9 Å². The van der Waals surface area contributed by atoms with E-state index in [9.17, 15) is 9.90 Å². The van der Waals surface area contributed by atoms with Crippen molar-refractivity contribution in [2.24, 2.45) is 0 Å². The van der Waals surface area contributed by atoms with Gasteiger partial charge >= 0.3 is 5.56 Å². The van der Waals surface area contributed by atoms with Gasteiger partial charge in [-0.05, 0) is 35.4 Å². The highest BCUT2D eigenvalue weighted by Gasteiger charge is 2.28. The normalized spacial score (nSPS) is 10.7. The van der Waals surface area contributed by atoms with Crippen molar-refractivity contribution in [3.63, 3.8) is 0 Å². The lowest BCUT2D eigenvalue weighted by Gasteiger charge is -2.13. The van der Waals surface area contributed by atoms with Gasteiger partial charge in [-0.1, -0.05) is 73.3 Å². The molecule has 0 aliphatic heterocycles. The lowest BCUT2D eigenvalue weighted by Crippen LogP contribution is -2.44. The van der Waals surface area contributed by atoms with Crippen molar-refractivity contribution in [3.05, 3.63) is 124 Å². The van der Waals surface area contributed by atoms with E-state index in [0.717, 1.165) is 22.5 Å². The molecule has 0 aliphatic rings. The summed E-state index contributed by atoms with van der Waals surface area (Å²) in [5.74, 6) is 0.582.